The van der Waals surface area contributed by atoms with Crippen molar-refractivity contribution < 1.29 is 4.79 Å². The molecule has 3 aliphatic carbocycles. The quantitative estimate of drug-likeness (QED) is 0.376. The Labute approximate surface area is 224 Å². The minimum Gasteiger partial charge on any atom is -0.299 e. The van der Waals surface area contributed by atoms with Crippen molar-refractivity contribution in [3.8, 4) is 0 Å². The molecule has 0 amide bonds. The van der Waals surface area contributed by atoms with Gasteiger partial charge in [-0.15, -0.1) is 0 Å². The molecule has 1 fully saturated rings. The zero-order valence-electron chi connectivity index (χ0n) is 23.6. The lowest BCUT2D eigenvalue weighted by Gasteiger charge is -2.30. The Morgan fingerprint density at radius 1 is 0.892 bits per heavy atom. The van der Waals surface area contributed by atoms with Crippen LogP contribution in [0, 0.1) is 30.1 Å². The number of carbonyl (C=O) groups is 1. The fourth-order valence-corrected chi connectivity index (χ4v) is 6.69. The summed E-state index contributed by atoms with van der Waals surface area (Å²) in [6, 6.07) is 16.2. The Hall–Kier alpha value is -2.67. The van der Waals surface area contributed by atoms with Crippen molar-refractivity contribution in [1.29, 1.82) is 0 Å². The number of benzene rings is 2. The van der Waals surface area contributed by atoms with E-state index in [4.69, 9.17) is 0 Å². The van der Waals surface area contributed by atoms with Gasteiger partial charge in [0.1, 0.15) is 5.78 Å². The van der Waals surface area contributed by atoms with Crippen molar-refractivity contribution in [2.45, 2.75) is 86.0 Å². The molecule has 1 saturated carbocycles. The molecule has 1 unspecified atom stereocenters. The number of hydrogen-bond donors (Lipinski definition) is 0. The highest BCUT2D eigenvalue weighted by Gasteiger charge is 2.30. The van der Waals surface area contributed by atoms with Crippen LogP contribution in [0.5, 0.6) is 0 Å². The number of allylic oxidation sites excluding steroid dienone is 6. The number of aryl methyl sites for hydroxylation is 2. The first kappa shape index (κ1) is 26.0. The summed E-state index contributed by atoms with van der Waals surface area (Å²) in [4.78, 5) is 12.7. The third-order valence-corrected chi connectivity index (χ3v) is 8.83. The van der Waals surface area contributed by atoms with Gasteiger partial charge in [0, 0.05) is 18.3 Å². The van der Waals surface area contributed by atoms with Gasteiger partial charge in [-0.3, -0.25) is 4.79 Å². The highest BCUT2D eigenvalue weighted by Crippen LogP contribution is 2.46. The number of Topliss-reactive ketones (excluding diaryl/α,β-unsaturated/α-hetero) is 1. The van der Waals surface area contributed by atoms with E-state index >= 15 is 0 Å². The smallest absolute Gasteiger partial charge is 0.136 e. The van der Waals surface area contributed by atoms with E-state index in [-0.39, 0.29) is 5.41 Å². The van der Waals surface area contributed by atoms with E-state index in [1.165, 1.54) is 57.4 Å². The second kappa shape index (κ2) is 10.6. The van der Waals surface area contributed by atoms with Crippen molar-refractivity contribution >= 4 is 16.9 Å². The van der Waals surface area contributed by atoms with E-state index in [0.29, 0.717) is 23.5 Å². The van der Waals surface area contributed by atoms with E-state index in [0.717, 1.165) is 38.5 Å². The maximum absolute atomic E-state index is 12.7. The Morgan fingerprint density at radius 3 is 2.27 bits per heavy atom. The average molecular weight is 493 g/mol. The summed E-state index contributed by atoms with van der Waals surface area (Å²) in [6.45, 7) is 11.0. The highest BCUT2D eigenvalue weighted by atomic mass is 16.1. The number of hydrogen-bond acceptors (Lipinski definition) is 1. The summed E-state index contributed by atoms with van der Waals surface area (Å²) in [7, 11) is 0. The Kier molecular flexibility index (Phi) is 7.44. The summed E-state index contributed by atoms with van der Waals surface area (Å²) in [5.41, 5.74) is 11.6. The van der Waals surface area contributed by atoms with Crippen molar-refractivity contribution in [2.75, 3.05) is 0 Å². The molecule has 0 bridgehead atoms. The molecule has 0 heterocycles. The fraction of sp³-hybridized carbons (Fsp3) is 0.472. The minimum atomic E-state index is 0.105. The summed E-state index contributed by atoms with van der Waals surface area (Å²) < 4.78 is 0. The zero-order valence-corrected chi connectivity index (χ0v) is 23.6. The van der Waals surface area contributed by atoms with E-state index < -0.39 is 0 Å². The van der Waals surface area contributed by atoms with Crippen LogP contribution in [-0.4, -0.2) is 5.78 Å². The second-order valence-electron chi connectivity index (χ2n) is 13.0. The topological polar surface area (TPSA) is 17.1 Å². The molecule has 2 aromatic rings. The molecule has 0 saturated heterocycles. The Balaban J connectivity index is 1.24. The molecular weight excluding hydrogens is 448 g/mol. The molecule has 0 aromatic heterocycles. The van der Waals surface area contributed by atoms with Gasteiger partial charge in [0.2, 0.25) is 0 Å². The SMILES string of the molecule is CCc1cc(C2=CC3C(=CC=C3c3ccc(C)cc3)C2)ccc1CC1CCC(C(=O)CC(C)(C)C)CC1. The normalized spacial score (nSPS) is 23.4. The van der Waals surface area contributed by atoms with E-state index in [2.05, 4.69) is 95.3 Å². The highest BCUT2D eigenvalue weighted by molar-refractivity contribution is 5.85. The summed E-state index contributed by atoms with van der Waals surface area (Å²) in [5, 5.41) is 0. The first-order valence-electron chi connectivity index (χ1n) is 14.5. The predicted molar refractivity (Wildman–Crippen MR) is 157 cm³/mol. The molecule has 1 nitrogen and oxygen atoms in total. The monoisotopic (exact) mass is 492 g/mol. The van der Waals surface area contributed by atoms with Crippen LogP contribution < -0.4 is 0 Å². The summed E-state index contributed by atoms with van der Waals surface area (Å²) >= 11 is 0. The molecule has 1 atom stereocenters. The lowest BCUT2D eigenvalue weighted by atomic mass is 9.74. The van der Waals surface area contributed by atoms with Crippen molar-refractivity contribution in [3.05, 3.63) is 94.1 Å². The van der Waals surface area contributed by atoms with Gasteiger partial charge in [-0.05, 0) is 96.6 Å². The number of rotatable bonds is 7. The first-order chi connectivity index (χ1) is 17.7. The number of ketones is 1. The lowest BCUT2D eigenvalue weighted by Crippen LogP contribution is -2.26. The molecule has 37 heavy (non-hydrogen) atoms. The van der Waals surface area contributed by atoms with Gasteiger partial charge < -0.3 is 0 Å². The first-order valence-corrected chi connectivity index (χ1v) is 14.5. The lowest BCUT2D eigenvalue weighted by molar-refractivity contribution is -0.125. The maximum atomic E-state index is 12.7. The fourth-order valence-electron chi connectivity index (χ4n) is 6.69. The van der Waals surface area contributed by atoms with Gasteiger partial charge in [-0.2, -0.15) is 0 Å². The third kappa shape index (κ3) is 5.92. The molecule has 1 heteroatoms. The van der Waals surface area contributed by atoms with E-state index in [1.807, 2.05) is 0 Å². The third-order valence-electron chi connectivity index (χ3n) is 8.83. The van der Waals surface area contributed by atoms with Crippen molar-refractivity contribution in [3.63, 3.8) is 0 Å². The van der Waals surface area contributed by atoms with Gasteiger partial charge in [0.05, 0.1) is 0 Å². The largest absolute Gasteiger partial charge is 0.299 e. The van der Waals surface area contributed by atoms with E-state index in [9.17, 15) is 4.79 Å². The van der Waals surface area contributed by atoms with Gasteiger partial charge in [-0.25, -0.2) is 0 Å². The van der Waals surface area contributed by atoms with Crippen LogP contribution in [0.3, 0.4) is 0 Å². The molecule has 2 aromatic carbocycles. The molecular formula is C36H44O. The molecule has 0 N–H and O–H groups in total. The molecule has 5 rings (SSSR count). The van der Waals surface area contributed by atoms with Crippen LogP contribution in [-0.2, 0) is 17.6 Å². The Morgan fingerprint density at radius 2 is 1.59 bits per heavy atom. The minimum absolute atomic E-state index is 0.105. The number of fused-ring (bicyclic) bond motifs is 1. The molecule has 0 spiro atoms. The molecule has 3 aliphatic rings. The summed E-state index contributed by atoms with van der Waals surface area (Å²) in [6.07, 6.45) is 15.8. The maximum Gasteiger partial charge on any atom is 0.136 e. The van der Waals surface area contributed by atoms with Crippen LogP contribution >= 0.6 is 0 Å². The second-order valence-corrected chi connectivity index (χ2v) is 13.0. The molecule has 0 aliphatic heterocycles. The van der Waals surface area contributed by atoms with Crippen LogP contribution in [0.1, 0.15) is 94.0 Å². The van der Waals surface area contributed by atoms with Crippen molar-refractivity contribution in [2.24, 2.45) is 23.2 Å². The molecule has 0 radical (unpaired) electrons. The van der Waals surface area contributed by atoms with Crippen molar-refractivity contribution in [1.82, 2.24) is 0 Å². The van der Waals surface area contributed by atoms with Crippen LogP contribution in [0.25, 0.3) is 11.1 Å². The number of carbonyl (C=O) groups excluding carboxylic acids is 1. The predicted octanol–water partition coefficient (Wildman–Crippen LogP) is 9.34. The Bertz CT molecular complexity index is 1240. The summed E-state index contributed by atoms with van der Waals surface area (Å²) in [5.74, 6) is 1.94. The van der Waals surface area contributed by atoms with Gasteiger partial charge in [0.25, 0.3) is 0 Å². The van der Waals surface area contributed by atoms with Gasteiger partial charge in [0.15, 0.2) is 0 Å². The van der Waals surface area contributed by atoms with Crippen LogP contribution in [0.2, 0.25) is 0 Å². The zero-order chi connectivity index (χ0) is 26.2. The molecule has 194 valence electrons. The van der Waals surface area contributed by atoms with Gasteiger partial charge >= 0.3 is 0 Å². The standard InChI is InChI=1S/C36H44O/c1-6-26-20-30(32-21-31-17-18-33(34(31)22-32)27-11-7-24(2)8-12-27)16-15-29(26)19-25-9-13-28(14-10-25)35(37)23-36(3,4)5/h7-8,11-12,15-18,20,22,25,28,34H,6,9-10,13-14,19,21,23H2,1-5H3. The van der Waals surface area contributed by atoms with Crippen LogP contribution in [0.15, 0.2) is 66.3 Å². The average Bonchev–Trinajstić information content (AvgIpc) is 3.45. The van der Waals surface area contributed by atoms with Crippen LogP contribution in [0.4, 0.5) is 0 Å². The van der Waals surface area contributed by atoms with E-state index in [1.54, 1.807) is 0 Å². The van der Waals surface area contributed by atoms with Gasteiger partial charge in [-0.1, -0.05) is 99.5 Å².